The predicted molar refractivity (Wildman–Crippen MR) is 73.8 cm³/mol. The first-order chi connectivity index (χ1) is 8.63. The standard InChI is InChI=1S/C15H21NO2/c1-4-5-10-16-15(17)11-18-14-8-6-13(7-9-14)12(2)3/h4,6-9,12H,1,5,10-11H2,2-3H3,(H,16,17). The molecular weight excluding hydrogens is 226 g/mol. The van der Waals surface area contributed by atoms with Crippen LogP contribution < -0.4 is 10.1 Å². The molecule has 1 aromatic rings. The summed E-state index contributed by atoms with van der Waals surface area (Å²) in [7, 11) is 0. The van der Waals surface area contributed by atoms with Crippen LogP contribution in [0.4, 0.5) is 0 Å². The van der Waals surface area contributed by atoms with Crippen LogP contribution in [0.5, 0.6) is 5.75 Å². The monoisotopic (exact) mass is 247 g/mol. The summed E-state index contributed by atoms with van der Waals surface area (Å²) in [6.07, 6.45) is 2.54. The molecule has 1 amide bonds. The first-order valence-corrected chi connectivity index (χ1v) is 6.24. The normalized spacial score (nSPS) is 10.2. The maximum Gasteiger partial charge on any atom is 0.257 e. The van der Waals surface area contributed by atoms with Crippen molar-refractivity contribution in [2.45, 2.75) is 26.2 Å². The second-order valence-corrected chi connectivity index (χ2v) is 4.44. The molecule has 1 rings (SSSR count). The summed E-state index contributed by atoms with van der Waals surface area (Å²) in [6, 6.07) is 7.84. The highest BCUT2D eigenvalue weighted by atomic mass is 16.5. The van der Waals surface area contributed by atoms with Gasteiger partial charge in [0.15, 0.2) is 6.61 Å². The van der Waals surface area contributed by atoms with Crippen LogP contribution in [0.25, 0.3) is 0 Å². The molecule has 0 aliphatic carbocycles. The molecule has 0 spiro atoms. The molecule has 3 nitrogen and oxygen atoms in total. The molecule has 0 aliphatic rings. The minimum absolute atomic E-state index is 0.0537. The number of hydrogen-bond acceptors (Lipinski definition) is 2. The average molecular weight is 247 g/mol. The van der Waals surface area contributed by atoms with Crippen LogP contribution in [0.1, 0.15) is 31.7 Å². The van der Waals surface area contributed by atoms with Crippen molar-refractivity contribution in [3.05, 3.63) is 42.5 Å². The number of ether oxygens (including phenoxy) is 1. The van der Waals surface area contributed by atoms with Gasteiger partial charge in [-0.3, -0.25) is 4.79 Å². The Morgan fingerprint density at radius 2 is 2.06 bits per heavy atom. The van der Waals surface area contributed by atoms with Crippen molar-refractivity contribution in [3.8, 4) is 5.75 Å². The quantitative estimate of drug-likeness (QED) is 0.594. The van der Waals surface area contributed by atoms with Gasteiger partial charge in [-0.2, -0.15) is 0 Å². The minimum atomic E-state index is -0.107. The maximum atomic E-state index is 11.4. The van der Waals surface area contributed by atoms with Crippen LogP contribution in [0.15, 0.2) is 36.9 Å². The summed E-state index contributed by atoms with van der Waals surface area (Å²) < 4.78 is 5.40. The molecule has 0 aromatic heterocycles. The molecule has 0 aliphatic heterocycles. The second-order valence-electron chi connectivity index (χ2n) is 4.44. The summed E-state index contributed by atoms with van der Waals surface area (Å²) in [4.78, 5) is 11.4. The second kappa shape index (κ2) is 7.54. The Hall–Kier alpha value is -1.77. The van der Waals surface area contributed by atoms with Gasteiger partial charge in [-0.15, -0.1) is 6.58 Å². The fourth-order valence-corrected chi connectivity index (χ4v) is 1.46. The summed E-state index contributed by atoms with van der Waals surface area (Å²) in [5.41, 5.74) is 1.26. The van der Waals surface area contributed by atoms with Gasteiger partial charge in [0.2, 0.25) is 0 Å². The van der Waals surface area contributed by atoms with Crippen molar-refractivity contribution < 1.29 is 9.53 Å². The third-order valence-corrected chi connectivity index (χ3v) is 2.59. The van der Waals surface area contributed by atoms with E-state index in [2.05, 4.69) is 25.7 Å². The molecule has 0 atom stereocenters. The topological polar surface area (TPSA) is 38.3 Å². The molecule has 0 saturated carbocycles. The number of carbonyl (C=O) groups is 1. The first kappa shape index (κ1) is 14.3. The van der Waals surface area contributed by atoms with E-state index in [1.165, 1.54) is 5.56 Å². The summed E-state index contributed by atoms with van der Waals surface area (Å²) in [5, 5.41) is 2.75. The van der Waals surface area contributed by atoms with E-state index in [0.29, 0.717) is 12.5 Å². The Balaban J connectivity index is 2.34. The molecule has 0 unspecified atom stereocenters. The Morgan fingerprint density at radius 3 is 2.61 bits per heavy atom. The SMILES string of the molecule is C=CCCNC(=O)COc1ccc(C(C)C)cc1. The molecule has 0 bridgehead atoms. The summed E-state index contributed by atoms with van der Waals surface area (Å²) in [5.74, 6) is 1.12. The zero-order chi connectivity index (χ0) is 13.4. The van der Waals surface area contributed by atoms with Crippen LogP contribution >= 0.6 is 0 Å². The number of nitrogens with one attached hydrogen (secondary N) is 1. The third kappa shape index (κ3) is 5.04. The van der Waals surface area contributed by atoms with Crippen LogP contribution in [0, 0.1) is 0 Å². The molecule has 3 heteroatoms. The van der Waals surface area contributed by atoms with Gasteiger partial charge in [0.25, 0.3) is 5.91 Å². The van der Waals surface area contributed by atoms with Crippen molar-refractivity contribution in [1.29, 1.82) is 0 Å². The highest BCUT2D eigenvalue weighted by Crippen LogP contribution is 2.18. The van der Waals surface area contributed by atoms with Crippen molar-refractivity contribution >= 4 is 5.91 Å². The van der Waals surface area contributed by atoms with E-state index in [-0.39, 0.29) is 12.5 Å². The van der Waals surface area contributed by atoms with E-state index >= 15 is 0 Å². The van der Waals surface area contributed by atoms with Gasteiger partial charge in [0.05, 0.1) is 0 Å². The molecule has 0 radical (unpaired) electrons. The lowest BCUT2D eigenvalue weighted by molar-refractivity contribution is -0.123. The predicted octanol–water partition coefficient (Wildman–Crippen LogP) is 2.88. The van der Waals surface area contributed by atoms with Crippen LogP contribution in [-0.2, 0) is 4.79 Å². The van der Waals surface area contributed by atoms with Gasteiger partial charge < -0.3 is 10.1 Å². The highest BCUT2D eigenvalue weighted by Gasteiger charge is 2.03. The Kier molecular flexibility index (Phi) is 5.98. The Morgan fingerprint density at radius 1 is 1.39 bits per heavy atom. The van der Waals surface area contributed by atoms with Crippen molar-refractivity contribution in [2.24, 2.45) is 0 Å². The molecule has 0 saturated heterocycles. The van der Waals surface area contributed by atoms with Gasteiger partial charge in [0.1, 0.15) is 5.75 Å². The van der Waals surface area contributed by atoms with E-state index in [4.69, 9.17) is 4.74 Å². The third-order valence-electron chi connectivity index (χ3n) is 2.59. The van der Waals surface area contributed by atoms with E-state index in [0.717, 1.165) is 12.2 Å². The average Bonchev–Trinajstić information content (AvgIpc) is 2.37. The van der Waals surface area contributed by atoms with Gasteiger partial charge in [0, 0.05) is 6.54 Å². The number of carbonyl (C=O) groups excluding carboxylic acids is 1. The Bertz CT molecular complexity index is 382. The van der Waals surface area contributed by atoms with E-state index in [1.807, 2.05) is 24.3 Å². The fraction of sp³-hybridized carbons (Fsp3) is 0.400. The smallest absolute Gasteiger partial charge is 0.257 e. The maximum absolute atomic E-state index is 11.4. The fourth-order valence-electron chi connectivity index (χ4n) is 1.46. The first-order valence-electron chi connectivity index (χ1n) is 6.24. The van der Waals surface area contributed by atoms with Gasteiger partial charge >= 0.3 is 0 Å². The number of hydrogen-bond donors (Lipinski definition) is 1. The number of benzene rings is 1. The zero-order valence-electron chi connectivity index (χ0n) is 11.1. The summed E-state index contributed by atoms with van der Waals surface area (Å²) in [6.45, 7) is 8.54. The van der Waals surface area contributed by atoms with Gasteiger partial charge in [-0.05, 0) is 30.0 Å². The zero-order valence-corrected chi connectivity index (χ0v) is 11.1. The summed E-state index contributed by atoms with van der Waals surface area (Å²) >= 11 is 0. The van der Waals surface area contributed by atoms with Crippen LogP contribution in [-0.4, -0.2) is 19.1 Å². The minimum Gasteiger partial charge on any atom is -0.484 e. The van der Waals surface area contributed by atoms with Crippen LogP contribution in [0.3, 0.4) is 0 Å². The van der Waals surface area contributed by atoms with E-state index in [1.54, 1.807) is 6.08 Å². The van der Waals surface area contributed by atoms with Gasteiger partial charge in [-0.1, -0.05) is 32.1 Å². The largest absolute Gasteiger partial charge is 0.484 e. The van der Waals surface area contributed by atoms with Crippen molar-refractivity contribution in [3.63, 3.8) is 0 Å². The lowest BCUT2D eigenvalue weighted by Crippen LogP contribution is -2.29. The molecule has 98 valence electrons. The molecule has 18 heavy (non-hydrogen) atoms. The lowest BCUT2D eigenvalue weighted by atomic mass is 10.0. The highest BCUT2D eigenvalue weighted by molar-refractivity contribution is 5.77. The Labute approximate surface area is 109 Å². The number of amides is 1. The molecule has 0 heterocycles. The number of rotatable bonds is 7. The van der Waals surface area contributed by atoms with Crippen molar-refractivity contribution in [2.75, 3.05) is 13.2 Å². The molecule has 1 N–H and O–H groups in total. The van der Waals surface area contributed by atoms with Crippen LogP contribution in [0.2, 0.25) is 0 Å². The van der Waals surface area contributed by atoms with Gasteiger partial charge in [-0.25, -0.2) is 0 Å². The molecule has 1 aromatic carbocycles. The molecule has 0 fully saturated rings. The van der Waals surface area contributed by atoms with E-state index < -0.39 is 0 Å². The van der Waals surface area contributed by atoms with E-state index in [9.17, 15) is 4.79 Å². The molecular formula is C15H21NO2. The lowest BCUT2D eigenvalue weighted by Gasteiger charge is -2.09. The van der Waals surface area contributed by atoms with Crippen molar-refractivity contribution in [1.82, 2.24) is 5.32 Å².